The first-order chi connectivity index (χ1) is 4.20. The molecular formula is C8H10ClF. The van der Waals surface area contributed by atoms with Crippen molar-refractivity contribution in [2.24, 2.45) is 0 Å². The fourth-order valence-corrected chi connectivity index (χ4v) is 0.698. The van der Waals surface area contributed by atoms with Crippen LogP contribution in [0.1, 0.15) is 11.1 Å². The van der Waals surface area contributed by atoms with Crippen molar-refractivity contribution in [2.75, 3.05) is 0 Å². The van der Waals surface area contributed by atoms with Gasteiger partial charge >= 0.3 is 0 Å². The fraction of sp³-hybridized carbons (Fsp3) is 0.250. The number of aryl methyl sites for hydroxylation is 2. The predicted octanol–water partition coefficient (Wildman–Crippen LogP) is 2.86. The molecule has 0 aliphatic carbocycles. The van der Waals surface area contributed by atoms with Crippen LogP contribution in [0.15, 0.2) is 18.2 Å². The zero-order valence-corrected chi connectivity index (χ0v) is 6.83. The number of rotatable bonds is 0. The molecule has 1 rings (SSSR count). The van der Waals surface area contributed by atoms with Crippen LogP contribution >= 0.6 is 12.4 Å². The molecule has 10 heavy (non-hydrogen) atoms. The zero-order valence-electron chi connectivity index (χ0n) is 6.02. The van der Waals surface area contributed by atoms with Crippen molar-refractivity contribution in [3.8, 4) is 0 Å². The summed E-state index contributed by atoms with van der Waals surface area (Å²) in [5, 5.41) is 0. The van der Waals surface area contributed by atoms with E-state index in [2.05, 4.69) is 0 Å². The van der Waals surface area contributed by atoms with Gasteiger partial charge in [0.2, 0.25) is 0 Å². The summed E-state index contributed by atoms with van der Waals surface area (Å²) in [5.41, 5.74) is 1.68. The monoisotopic (exact) mass is 160 g/mol. The van der Waals surface area contributed by atoms with E-state index in [1.807, 2.05) is 13.0 Å². The van der Waals surface area contributed by atoms with Crippen LogP contribution in [0.4, 0.5) is 4.39 Å². The fourth-order valence-electron chi connectivity index (χ4n) is 0.698. The molecule has 0 heterocycles. The second-order valence-corrected chi connectivity index (χ2v) is 2.25. The Bertz CT molecular complexity index is 220. The third kappa shape index (κ3) is 1.99. The molecule has 0 aliphatic heterocycles. The Balaban J connectivity index is 0.000000810. The summed E-state index contributed by atoms with van der Waals surface area (Å²) in [6.45, 7) is 3.64. The second kappa shape index (κ2) is 3.57. The summed E-state index contributed by atoms with van der Waals surface area (Å²) in [4.78, 5) is 0. The normalized spacial score (nSPS) is 8.70. The lowest BCUT2D eigenvalue weighted by molar-refractivity contribution is 0.617. The average Bonchev–Trinajstić information content (AvgIpc) is 1.80. The standard InChI is InChI=1S/C8H9F.ClH/c1-6-3-4-7(2)8(9)5-6;/h3-5H,1-2H3;1H. The molecule has 56 valence electrons. The summed E-state index contributed by atoms with van der Waals surface area (Å²) in [6, 6.07) is 5.22. The number of benzene rings is 1. The Kier molecular flexibility index (Phi) is 3.37. The minimum Gasteiger partial charge on any atom is -0.207 e. The molecule has 1 aromatic rings. The number of halogens is 2. The number of hydrogen-bond donors (Lipinski definition) is 0. The first kappa shape index (κ1) is 9.44. The maximum atomic E-state index is 12.6. The molecule has 0 radical (unpaired) electrons. The van der Waals surface area contributed by atoms with Crippen molar-refractivity contribution in [1.82, 2.24) is 0 Å². The van der Waals surface area contributed by atoms with Crippen LogP contribution in [-0.4, -0.2) is 0 Å². The van der Waals surface area contributed by atoms with E-state index < -0.39 is 0 Å². The van der Waals surface area contributed by atoms with E-state index >= 15 is 0 Å². The van der Waals surface area contributed by atoms with Crippen LogP contribution in [0.2, 0.25) is 0 Å². The molecule has 0 bridgehead atoms. The molecule has 2 heteroatoms. The van der Waals surface area contributed by atoms with Crippen molar-refractivity contribution in [3.63, 3.8) is 0 Å². The molecule has 0 nitrogen and oxygen atoms in total. The summed E-state index contributed by atoms with van der Waals surface area (Å²) >= 11 is 0. The van der Waals surface area contributed by atoms with E-state index in [0.717, 1.165) is 5.56 Å². The molecule has 0 saturated heterocycles. The molecule has 0 fully saturated rings. The lowest BCUT2D eigenvalue weighted by Crippen LogP contribution is -1.81. The van der Waals surface area contributed by atoms with Crippen molar-refractivity contribution >= 4 is 12.4 Å². The maximum absolute atomic E-state index is 12.6. The Labute approximate surface area is 66.5 Å². The quantitative estimate of drug-likeness (QED) is 0.548. The van der Waals surface area contributed by atoms with Crippen LogP contribution in [0.3, 0.4) is 0 Å². The Morgan fingerprint density at radius 3 is 2.20 bits per heavy atom. The van der Waals surface area contributed by atoms with Crippen molar-refractivity contribution < 1.29 is 4.39 Å². The van der Waals surface area contributed by atoms with E-state index in [-0.39, 0.29) is 18.2 Å². The van der Waals surface area contributed by atoms with Gasteiger partial charge in [0.05, 0.1) is 0 Å². The lowest BCUT2D eigenvalue weighted by Gasteiger charge is -1.94. The summed E-state index contributed by atoms with van der Waals surface area (Å²) < 4.78 is 12.6. The van der Waals surface area contributed by atoms with E-state index in [9.17, 15) is 4.39 Å². The molecule has 0 atom stereocenters. The lowest BCUT2D eigenvalue weighted by atomic mass is 10.2. The molecule has 0 spiro atoms. The van der Waals surface area contributed by atoms with Crippen LogP contribution in [0, 0.1) is 19.7 Å². The molecule has 0 saturated carbocycles. The highest BCUT2D eigenvalue weighted by Gasteiger charge is 1.93. The van der Waals surface area contributed by atoms with Crippen molar-refractivity contribution in [2.45, 2.75) is 13.8 Å². The van der Waals surface area contributed by atoms with Gasteiger partial charge in [0, 0.05) is 0 Å². The topological polar surface area (TPSA) is 0 Å². The van der Waals surface area contributed by atoms with Gasteiger partial charge in [-0.3, -0.25) is 0 Å². The van der Waals surface area contributed by atoms with Gasteiger partial charge in [0.1, 0.15) is 5.82 Å². The zero-order chi connectivity index (χ0) is 6.85. The van der Waals surface area contributed by atoms with E-state index in [1.54, 1.807) is 13.0 Å². The van der Waals surface area contributed by atoms with Gasteiger partial charge in [0.15, 0.2) is 0 Å². The highest BCUT2D eigenvalue weighted by atomic mass is 35.5. The Morgan fingerprint density at radius 1 is 1.20 bits per heavy atom. The summed E-state index contributed by atoms with van der Waals surface area (Å²) in [6.07, 6.45) is 0. The van der Waals surface area contributed by atoms with Crippen LogP contribution < -0.4 is 0 Å². The summed E-state index contributed by atoms with van der Waals surface area (Å²) in [5.74, 6) is -0.116. The van der Waals surface area contributed by atoms with Gasteiger partial charge in [-0.15, -0.1) is 12.4 Å². The maximum Gasteiger partial charge on any atom is 0.126 e. The van der Waals surface area contributed by atoms with Gasteiger partial charge < -0.3 is 0 Å². The first-order valence-corrected chi connectivity index (χ1v) is 2.93. The van der Waals surface area contributed by atoms with E-state index in [0.29, 0.717) is 5.56 Å². The van der Waals surface area contributed by atoms with Crippen LogP contribution in [0.5, 0.6) is 0 Å². The molecular weight excluding hydrogens is 151 g/mol. The van der Waals surface area contributed by atoms with Crippen LogP contribution in [-0.2, 0) is 0 Å². The van der Waals surface area contributed by atoms with Gasteiger partial charge in [-0.2, -0.15) is 0 Å². The SMILES string of the molecule is Cc1ccc(C)c(F)c1.Cl. The predicted molar refractivity (Wildman–Crippen MR) is 43.1 cm³/mol. The third-order valence-corrected chi connectivity index (χ3v) is 1.33. The molecule has 0 N–H and O–H groups in total. The minimum atomic E-state index is -0.116. The van der Waals surface area contributed by atoms with Crippen molar-refractivity contribution in [1.29, 1.82) is 0 Å². The largest absolute Gasteiger partial charge is 0.207 e. The molecule has 1 aromatic carbocycles. The Hall–Kier alpha value is -0.560. The van der Waals surface area contributed by atoms with Gasteiger partial charge in [0.25, 0.3) is 0 Å². The number of hydrogen-bond acceptors (Lipinski definition) is 0. The molecule has 0 amide bonds. The average molecular weight is 161 g/mol. The van der Waals surface area contributed by atoms with E-state index in [4.69, 9.17) is 0 Å². The van der Waals surface area contributed by atoms with Gasteiger partial charge in [-0.05, 0) is 31.0 Å². The summed E-state index contributed by atoms with van der Waals surface area (Å²) in [7, 11) is 0. The van der Waals surface area contributed by atoms with Crippen molar-refractivity contribution in [3.05, 3.63) is 35.1 Å². The Morgan fingerprint density at radius 2 is 1.80 bits per heavy atom. The van der Waals surface area contributed by atoms with Gasteiger partial charge in [-0.1, -0.05) is 12.1 Å². The molecule has 0 aliphatic rings. The second-order valence-electron chi connectivity index (χ2n) is 2.25. The molecule has 0 unspecified atom stereocenters. The third-order valence-electron chi connectivity index (χ3n) is 1.33. The van der Waals surface area contributed by atoms with Gasteiger partial charge in [-0.25, -0.2) is 4.39 Å². The van der Waals surface area contributed by atoms with E-state index in [1.165, 1.54) is 6.07 Å². The highest BCUT2D eigenvalue weighted by Crippen LogP contribution is 2.06. The van der Waals surface area contributed by atoms with Crippen LogP contribution in [0.25, 0.3) is 0 Å². The first-order valence-electron chi connectivity index (χ1n) is 2.93. The smallest absolute Gasteiger partial charge is 0.126 e. The molecule has 0 aromatic heterocycles. The minimum absolute atomic E-state index is 0. The highest BCUT2D eigenvalue weighted by molar-refractivity contribution is 5.85.